The standard InChI is InChI=1S/C8H6ClF2NO2/c1-3-4(7(10)11)2-5(6(9)13)12-8(3)14/h2,7H,1H3,(H,12,14). The Morgan fingerprint density at radius 1 is 1.57 bits per heavy atom. The third-order valence-electron chi connectivity index (χ3n) is 1.77. The minimum Gasteiger partial charge on any atom is -0.318 e. The first-order chi connectivity index (χ1) is 6.43. The number of H-pyrrole nitrogens is 1. The molecular formula is C8H6ClF2NO2. The second-order valence-corrected chi connectivity index (χ2v) is 3.01. The first-order valence-corrected chi connectivity index (χ1v) is 4.03. The number of alkyl halides is 2. The van der Waals surface area contributed by atoms with E-state index in [1.54, 1.807) is 0 Å². The quantitative estimate of drug-likeness (QED) is 0.777. The molecule has 0 aliphatic carbocycles. The van der Waals surface area contributed by atoms with Crippen LogP contribution in [0.1, 0.15) is 28.0 Å². The molecule has 14 heavy (non-hydrogen) atoms. The van der Waals surface area contributed by atoms with Crippen molar-refractivity contribution in [3.8, 4) is 0 Å². The van der Waals surface area contributed by atoms with Gasteiger partial charge in [0, 0.05) is 11.1 Å². The molecule has 1 aromatic heterocycles. The molecule has 0 atom stereocenters. The molecule has 3 nitrogen and oxygen atoms in total. The number of carbonyl (C=O) groups is 1. The van der Waals surface area contributed by atoms with Crippen molar-refractivity contribution >= 4 is 16.8 Å². The summed E-state index contributed by atoms with van der Waals surface area (Å²) in [6, 6.07) is 0.886. The van der Waals surface area contributed by atoms with Gasteiger partial charge in [-0.25, -0.2) is 8.78 Å². The number of hydrogen-bond donors (Lipinski definition) is 1. The van der Waals surface area contributed by atoms with E-state index in [9.17, 15) is 18.4 Å². The first kappa shape index (κ1) is 10.8. The van der Waals surface area contributed by atoms with Crippen molar-refractivity contribution in [3.63, 3.8) is 0 Å². The molecule has 0 aromatic carbocycles. The Morgan fingerprint density at radius 3 is 2.57 bits per heavy atom. The zero-order valence-corrected chi connectivity index (χ0v) is 7.86. The Morgan fingerprint density at radius 2 is 2.14 bits per heavy atom. The van der Waals surface area contributed by atoms with Gasteiger partial charge >= 0.3 is 0 Å². The van der Waals surface area contributed by atoms with Crippen molar-refractivity contribution in [1.29, 1.82) is 0 Å². The second-order valence-electron chi connectivity index (χ2n) is 2.67. The average molecular weight is 222 g/mol. The van der Waals surface area contributed by atoms with Gasteiger partial charge in [-0.3, -0.25) is 9.59 Å². The lowest BCUT2D eigenvalue weighted by atomic mass is 10.1. The summed E-state index contributed by atoms with van der Waals surface area (Å²) >= 11 is 5.05. The van der Waals surface area contributed by atoms with Crippen LogP contribution in [0.25, 0.3) is 0 Å². The maximum absolute atomic E-state index is 12.3. The zero-order chi connectivity index (χ0) is 10.9. The third kappa shape index (κ3) is 1.98. The van der Waals surface area contributed by atoms with Gasteiger partial charge in [-0.1, -0.05) is 0 Å². The van der Waals surface area contributed by atoms with Crippen LogP contribution in [0.15, 0.2) is 10.9 Å². The van der Waals surface area contributed by atoms with E-state index in [0.29, 0.717) is 0 Å². The van der Waals surface area contributed by atoms with Gasteiger partial charge in [0.15, 0.2) is 0 Å². The van der Waals surface area contributed by atoms with Gasteiger partial charge in [0.2, 0.25) is 0 Å². The number of rotatable bonds is 2. The second kappa shape index (κ2) is 3.88. The highest BCUT2D eigenvalue weighted by Crippen LogP contribution is 2.20. The van der Waals surface area contributed by atoms with Crippen LogP contribution >= 0.6 is 11.6 Å². The highest BCUT2D eigenvalue weighted by atomic mass is 35.5. The number of aromatic nitrogens is 1. The molecule has 1 N–H and O–H groups in total. The minimum absolute atomic E-state index is 0.110. The van der Waals surface area contributed by atoms with Gasteiger partial charge in [-0.15, -0.1) is 0 Å². The Balaban J connectivity index is 3.43. The van der Waals surface area contributed by atoms with Crippen LogP contribution in [0.5, 0.6) is 0 Å². The molecule has 0 saturated carbocycles. The van der Waals surface area contributed by atoms with Crippen LogP contribution in [-0.2, 0) is 0 Å². The summed E-state index contributed by atoms with van der Waals surface area (Å²) in [5.74, 6) is 0. The smallest absolute Gasteiger partial charge is 0.268 e. The van der Waals surface area contributed by atoms with Crippen LogP contribution in [0, 0.1) is 6.92 Å². The van der Waals surface area contributed by atoms with Crippen molar-refractivity contribution in [1.82, 2.24) is 4.98 Å². The fourth-order valence-corrected chi connectivity index (χ4v) is 1.08. The van der Waals surface area contributed by atoms with Crippen molar-refractivity contribution < 1.29 is 13.6 Å². The SMILES string of the molecule is Cc1c(C(F)F)cc(C(=O)Cl)[nH]c1=O. The van der Waals surface area contributed by atoms with E-state index >= 15 is 0 Å². The lowest BCUT2D eigenvalue weighted by molar-refractivity contribution is 0.107. The van der Waals surface area contributed by atoms with Gasteiger partial charge in [0.1, 0.15) is 5.69 Å². The van der Waals surface area contributed by atoms with Crippen LogP contribution in [0.4, 0.5) is 8.78 Å². The van der Waals surface area contributed by atoms with Gasteiger partial charge < -0.3 is 4.98 Å². The molecular weight excluding hydrogens is 216 g/mol. The lowest BCUT2D eigenvalue weighted by Crippen LogP contribution is -2.16. The van der Waals surface area contributed by atoms with Crippen molar-refractivity contribution in [2.24, 2.45) is 0 Å². The van der Waals surface area contributed by atoms with Gasteiger partial charge in [0.05, 0.1) is 0 Å². The van der Waals surface area contributed by atoms with Crippen molar-refractivity contribution in [3.05, 3.63) is 33.2 Å². The Kier molecular flexibility index (Phi) is 3.00. The van der Waals surface area contributed by atoms with E-state index in [-0.39, 0.29) is 11.3 Å². The average Bonchev–Trinajstić information content (AvgIpc) is 2.08. The van der Waals surface area contributed by atoms with Crippen LogP contribution in [0.3, 0.4) is 0 Å². The Bertz CT molecular complexity index is 428. The zero-order valence-electron chi connectivity index (χ0n) is 7.11. The molecule has 1 rings (SSSR count). The molecule has 0 spiro atoms. The molecule has 0 aliphatic heterocycles. The minimum atomic E-state index is -2.80. The van der Waals surface area contributed by atoms with Gasteiger partial charge in [-0.05, 0) is 24.6 Å². The van der Waals surface area contributed by atoms with E-state index in [1.165, 1.54) is 6.92 Å². The fourth-order valence-electron chi connectivity index (χ4n) is 0.980. The first-order valence-electron chi connectivity index (χ1n) is 3.65. The predicted octanol–water partition coefficient (Wildman–Crippen LogP) is 2.00. The normalized spacial score (nSPS) is 10.6. The number of aromatic amines is 1. The number of halogens is 3. The molecule has 0 amide bonds. The van der Waals surface area contributed by atoms with E-state index < -0.39 is 22.8 Å². The highest BCUT2D eigenvalue weighted by Gasteiger charge is 2.16. The summed E-state index contributed by atoms with van der Waals surface area (Å²) in [7, 11) is 0. The molecule has 0 unspecified atom stereocenters. The summed E-state index contributed by atoms with van der Waals surface area (Å²) in [4.78, 5) is 23.8. The summed E-state index contributed by atoms with van der Waals surface area (Å²) in [5, 5.41) is -0.969. The molecule has 1 aromatic rings. The van der Waals surface area contributed by atoms with Crippen LogP contribution < -0.4 is 5.56 Å². The molecule has 6 heteroatoms. The number of pyridine rings is 1. The molecule has 0 radical (unpaired) electrons. The van der Waals surface area contributed by atoms with E-state index in [2.05, 4.69) is 4.98 Å². The molecule has 0 saturated heterocycles. The Hall–Kier alpha value is -1.23. The molecule has 1 heterocycles. The molecule has 76 valence electrons. The monoisotopic (exact) mass is 221 g/mol. The van der Waals surface area contributed by atoms with Crippen LogP contribution in [-0.4, -0.2) is 10.2 Å². The van der Waals surface area contributed by atoms with Crippen molar-refractivity contribution in [2.45, 2.75) is 13.3 Å². The molecule has 0 aliphatic rings. The van der Waals surface area contributed by atoms with Gasteiger partial charge in [-0.2, -0.15) is 0 Å². The predicted molar refractivity (Wildman–Crippen MR) is 46.9 cm³/mol. The number of carbonyl (C=O) groups excluding carboxylic acids is 1. The Labute approximate surface area is 82.7 Å². The van der Waals surface area contributed by atoms with E-state index in [1.807, 2.05) is 0 Å². The lowest BCUT2D eigenvalue weighted by Gasteiger charge is -2.04. The third-order valence-corrected chi connectivity index (χ3v) is 1.97. The highest BCUT2D eigenvalue weighted by molar-refractivity contribution is 6.67. The largest absolute Gasteiger partial charge is 0.318 e. The summed E-state index contributed by atoms with van der Waals surface area (Å²) in [6.45, 7) is 1.25. The number of nitrogens with one attached hydrogen (secondary N) is 1. The van der Waals surface area contributed by atoms with E-state index in [4.69, 9.17) is 11.6 Å². The van der Waals surface area contributed by atoms with Crippen molar-refractivity contribution in [2.75, 3.05) is 0 Å². The maximum Gasteiger partial charge on any atom is 0.268 e. The summed E-state index contributed by atoms with van der Waals surface area (Å²) in [6.07, 6.45) is -2.80. The summed E-state index contributed by atoms with van der Waals surface area (Å²) < 4.78 is 24.7. The fraction of sp³-hybridized carbons (Fsp3) is 0.250. The van der Waals surface area contributed by atoms with E-state index in [0.717, 1.165) is 6.07 Å². The molecule has 0 bridgehead atoms. The van der Waals surface area contributed by atoms with Gasteiger partial charge in [0.25, 0.3) is 17.2 Å². The summed E-state index contributed by atoms with van der Waals surface area (Å²) in [5.41, 5.74) is -1.64. The maximum atomic E-state index is 12.3. The number of hydrogen-bond acceptors (Lipinski definition) is 2. The topological polar surface area (TPSA) is 49.9 Å². The molecule has 0 fully saturated rings. The van der Waals surface area contributed by atoms with Crippen LogP contribution in [0.2, 0.25) is 0 Å².